The van der Waals surface area contributed by atoms with Crippen LogP contribution in [0.15, 0.2) is 48.5 Å². The highest BCUT2D eigenvalue weighted by atomic mass is 19.1. The molecular formula is C24H31FN4O2. The average Bonchev–Trinajstić information content (AvgIpc) is 2.69. The van der Waals surface area contributed by atoms with Gasteiger partial charge in [0.05, 0.1) is 13.1 Å². The van der Waals surface area contributed by atoms with Gasteiger partial charge in [0.1, 0.15) is 5.82 Å². The molecule has 1 heterocycles. The first-order valence-electron chi connectivity index (χ1n) is 10.6. The van der Waals surface area contributed by atoms with Gasteiger partial charge in [-0.3, -0.25) is 19.4 Å². The Morgan fingerprint density at radius 3 is 1.84 bits per heavy atom. The van der Waals surface area contributed by atoms with Crippen LogP contribution in [0, 0.1) is 5.82 Å². The summed E-state index contributed by atoms with van der Waals surface area (Å²) in [5, 5.41) is 5.67. The quantitative estimate of drug-likeness (QED) is 0.744. The zero-order valence-electron chi connectivity index (χ0n) is 18.5. The van der Waals surface area contributed by atoms with Crippen LogP contribution < -0.4 is 10.6 Å². The van der Waals surface area contributed by atoms with E-state index in [1.165, 1.54) is 17.7 Å². The van der Waals surface area contributed by atoms with E-state index in [1.807, 2.05) is 29.2 Å². The lowest BCUT2D eigenvalue weighted by atomic mass is 9.87. The summed E-state index contributed by atoms with van der Waals surface area (Å²) in [6, 6.07) is 13.8. The largest absolute Gasteiger partial charge is 0.325 e. The SMILES string of the molecule is CC(C)(C)c1ccc(NC(=O)CN2CCN(CC(=O)Nc3cccc(F)c3)CC2)cc1. The van der Waals surface area contributed by atoms with Crippen molar-refractivity contribution in [3.63, 3.8) is 0 Å². The second-order valence-corrected chi connectivity index (χ2v) is 8.99. The van der Waals surface area contributed by atoms with Gasteiger partial charge in [-0.2, -0.15) is 0 Å². The maximum absolute atomic E-state index is 13.2. The maximum atomic E-state index is 13.2. The number of hydrogen-bond acceptors (Lipinski definition) is 4. The Labute approximate surface area is 183 Å². The van der Waals surface area contributed by atoms with Gasteiger partial charge in [-0.25, -0.2) is 4.39 Å². The summed E-state index contributed by atoms with van der Waals surface area (Å²) in [7, 11) is 0. The summed E-state index contributed by atoms with van der Waals surface area (Å²) in [4.78, 5) is 28.7. The molecule has 0 bridgehead atoms. The topological polar surface area (TPSA) is 64.7 Å². The van der Waals surface area contributed by atoms with Crippen LogP contribution in [-0.4, -0.2) is 60.9 Å². The van der Waals surface area contributed by atoms with E-state index in [1.54, 1.807) is 12.1 Å². The van der Waals surface area contributed by atoms with Crippen molar-refractivity contribution in [1.82, 2.24) is 9.80 Å². The van der Waals surface area contributed by atoms with E-state index in [0.717, 1.165) is 5.69 Å². The van der Waals surface area contributed by atoms with Crippen molar-refractivity contribution in [3.05, 3.63) is 59.9 Å². The summed E-state index contributed by atoms with van der Waals surface area (Å²) < 4.78 is 13.2. The molecular weight excluding hydrogens is 395 g/mol. The minimum atomic E-state index is -0.380. The van der Waals surface area contributed by atoms with Crippen LogP contribution in [-0.2, 0) is 15.0 Å². The first-order chi connectivity index (χ1) is 14.7. The first kappa shape index (κ1) is 22.9. The molecule has 0 aliphatic carbocycles. The molecule has 2 N–H and O–H groups in total. The molecule has 2 aromatic rings. The monoisotopic (exact) mass is 426 g/mol. The highest BCUT2D eigenvalue weighted by molar-refractivity contribution is 5.92. The van der Waals surface area contributed by atoms with Crippen LogP contribution in [0.3, 0.4) is 0 Å². The molecule has 0 unspecified atom stereocenters. The molecule has 1 aliphatic rings. The number of rotatable bonds is 6. The highest BCUT2D eigenvalue weighted by Crippen LogP contribution is 2.23. The molecule has 2 amide bonds. The molecule has 0 atom stereocenters. The predicted molar refractivity (Wildman–Crippen MR) is 122 cm³/mol. The molecule has 7 heteroatoms. The van der Waals surface area contributed by atoms with Gasteiger partial charge in [-0.1, -0.05) is 39.0 Å². The highest BCUT2D eigenvalue weighted by Gasteiger charge is 2.21. The van der Waals surface area contributed by atoms with E-state index in [-0.39, 0.29) is 29.6 Å². The lowest BCUT2D eigenvalue weighted by Gasteiger charge is -2.33. The summed E-state index contributed by atoms with van der Waals surface area (Å²) >= 11 is 0. The number of benzene rings is 2. The Morgan fingerprint density at radius 1 is 0.839 bits per heavy atom. The maximum Gasteiger partial charge on any atom is 0.238 e. The Kier molecular flexibility index (Phi) is 7.41. The first-order valence-corrected chi connectivity index (χ1v) is 10.6. The number of anilines is 2. The van der Waals surface area contributed by atoms with Crippen molar-refractivity contribution in [2.75, 3.05) is 49.9 Å². The molecule has 0 saturated carbocycles. The fourth-order valence-corrected chi connectivity index (χ4v) is 3.53. The van der Waals surface area contributed by atoms with E-state index in [4.69, 9.17) is 0 Å². The number of halogens is 1. The third-order valence-corrected chi connectivity index (χ3v) is 5.34. The van der Waals surface area contributed by atoms with Crippen LogP contribution in [0.1, 0.15) is 26.3 Å². The average molecular weight is 427 g/mol. The normalized spacial score (nSPS) is 15.5. The van der Waals surface area contributed by atoms with E-state index in [2.05, 4.69) is 36.3 Å². The van der Waals surface area contributed by atoms with Crippen molar-refractivity contribution in [2.45, 2.75) is 26.2 Å². The van der Waals surface area contributed by atoms with E-state index in [9.17, 15) is 14.0 Å². The molecule has 0 aromatic heterocycles. The van der Waals surface area contributed by atoms with Crippen LogP contribution in [0.25, 0.3) is 0 Å². The van der Waals surface area contributed by atoms with Crippen LogP contribution in [0.4, 0.5) is 15.8 Å². The second kappa shape index (κ2) is 10.0. The van der Waals surface area contributed by atoms with Gasteiger partial charge in [0.15, 0.2) is 0 Å². The molecule has 31 heavy (non-hydrogen) atoms. The van der Waals surface area contributed by atoms with Gasteiger partial charge in [0.25, 0.3) is 0 Å². The third kappa shape index (κ3) is 7.15. The summed E-state index contributed by atoms with van der Waals surface area (Å²) in [6.45, 7) is 9.87. The number of nitrogens with zero attached hydrogens (tertiary/aromatic N) is 2. The Balaban J connectivity index is 1.39. The number of carbonyl (C=O) groups excluding carboxylic acids is 2. The van der Waals surface area contributed by atoms with Gasteiger partial charge in [-0.15, -0.1) is 0 Å². The van der Waals surface area contributed by atoms with Gasteiger partial charge in [0, 0.05) is 37.6 Å². The van der Waals surface area contributed by atoms with Crippen LogP contribution in [0.5, 0.6) is 0 Å². The minimum Gasteiger partial charge on any atom is -0.325 e. The zero-order valence-corrected chi connectivity index (χ0v) is 18.5. The molecule has 0 radical (unpaired) electrons. The molecule has 166 valence electrons. The standard InChI is InChI=1S/C24H31FN4O2/c1-24(2,3)18-7-9-20(10-8-18)26-22(30)16-28-11-13-29(14-12-28)17-23(31)27-21-6-4-5-19(25)15-21/h4-10,15H,11-14,16-17H2,1-3H3,(H,26,30)(H,27,31). The van der Waals surface area contributed by atoms with Crippen molar-refractivity contribution in [2.24, 2.45) is 0 Å². The molecule has 3 rings (SSSR count). The Bertz CT molecular complexity index is 901. The zero-order chi connectivity index (χ0) is 22.4. The van der Waals surface area contributed by atoms with E-state index < -0.39 is 0 Å². The summed E-state index contributed by atoms with van der Waals surface area (Å²) in [5.41, 5.74) is 2.56. The lowest BCUT2D eigenvalue weighted by molar-refractivity contribution is -0.120. The Hall–Kier alpha value is -2.77. The van der Waals surface area contributed by atoms with Gasteiger partial charge >= 0.3 is 0 Å². The molecule has 0 spiro atoms. The molecule has 6 nitrogen and oxygen atoms in total. The lowest BCUT2D eigenvalue weighted by Crippen LogP contribution is -2.50. The smallest absolute Gasteiger partial charge is 0.238 e. The number of piperazine rings is 1. The molecule has 1 fully saturated rings. The van der Waals surface area contributed by atoms with Crippen LogP contribution in [0.2, 0.25) is 0 Å². The summed E-state index contributed by atoms with van der Waals surface area (Å²) in [6.07, 6.45) is 0. The molecule has 2 aromatic carbocycles. The summed E-state index contributed by atoms with van der Waals surface area (Å²) in [5.74, 6) is -0.592. The fourth-order valence-electron chi connectivity index (χ4n) is 3.53. The molecule has 1 saturated heterocycles. The Morgan fingerprint density at radius 2 is 1.35 bits per heavy atom. The van der Waals surface area contributed by atoms with Gasteiger partial charge < -0.3 is 10.6 Å². The van der Waals surface area contributed by atoms with Crippen molar-refractivity contribution in [3.8, 4) is 0 Å². The van der Waals surface area contributed by atoms with Gasteiger partial charge in [-0.05, 0) is 41.3 Å². The third-order valence-electron chi connectivity index (χ3n) is 5.34. The van der Waals surface area contributed by atoms with E-state index in [0.29, 0.717) is 38.4 Å². The van der Waals surface area contributed by atoms with Crippen molar-refractivity contribution >= 4 is 23.2 Å². The number of amides is 2. The predicted octanol–water partition coefficient (Wildman–Crippen LogP) is 3.32. The van der Waals surface area contributed by atoms with Crippen molar-refractivity contribution < 1.29 is 14.0 Å². The number of carbonyl (C=O) groups is 2. The van der Waals surface area contributed by atoms with Gasteiger partial charge in [0.2, 0.25) is 11.8 Å². The second-order valence-electron chi connectivity index (χ2n) is 8.99. The van der Waals surface area contributed by atoms with Crippen molar-refractivity contribution in [1.29, 1.82) is 0 Å². The minimum absolute atomic E-state index is 0.0409. The van der Waals surface area contributed by atoms with E-state index >= 15 is 0 Å². The molecule has 1 aliphatic heterocycles. The fraction of sp³-hybridized carbons (Fsp3) is 0.417. The number of nitrogens with one attached hydrogen (secondary N) is 2. The van der Waals surface area contributed by atoms with Crippen LogP contribution >= 0.6 is 0 Å². The number of hydrogen-bond donors (Lipinski definition) is 2.